The SMILES string of the molecule is Cc1cn(-c2cncc3[nH]c(-c4n[nH]c5ccc(-c6cncc(NC(=O)C7CCCCC7)c6)nc45)nc23)cn1. The van der Waals surface area contributed by atoms with Gasteiger partial charge in [0.2, 0.25) is 5.91 Å². The molecule has 0 unspecified atom stereocenters. The Balaban J connectivity index is 1.22. The van der Waals surface area contributed by atoms with Crippen LogP contribution in [0.4, 0.5) is 5.69 Å². The summed E-state index contributed by atoms with van der Waals surface area (Å²) in [5.74, 6) is 0.722. The Hall–Kier alpha value is -4.93. The first-order chi connectivity index (χ1) is 19.1. The topological polar surface area (TPSA) is 143 Å². The van der Waals surface area contributed by atoms with Gasteiger partial charge in [-0.05, 0) is 38.0 Å². The van der Waals surface area contributed by atoms with Gasteiger partial charge in [-0.25, -0.2) is 15.0 Å². The standard InChI is InChI=1S/C28H26N10O/c1-16-14-38(15-31-16)23-13-30-12-22-24(23)35-27(34-22)26-25-21(36-37-26)8-7-20(33-25)18-9-19(11-29-10-18)32-28(39)17-5-3-2-4-6-17/h7-15,17H,2-6H2,1H3,(H,32,39)(H,34,35)(H,36,37). The second-order valence-corrected chi connectivity index (χ2v) is 10.0. The van der Waals surface area contributed by atoms with Gasteiger partial charge in [-0.15, -0.1) is 0 Å². The van der Waals surface area contributed by atoms with Crippen molar-refractivity contribution in [1.82, 2.24) is 44.7 Å². The van der Waals surface area contributed by atoms with E-state index in [1.54, 1.807) is 31.1 Å². The maximum Gasteiger partial charge on any atom is 0.227 e. The van der Waals surface area contributed by atoms with E-state index in [2.05, 4.69) is 35.5 Å². The Morgan fingerprint density at radius 1 is 1.00 bits per heavy atom. The van der Waals surface area contributed by atoms with E-state index in [0.717, 1.165) is 64.9 Å². The van der Waals surface area contributed by atoms with Crippen LogP contribution in [0.5, 0.6) is 0 Å². The molecule has 0 spiro atoms. The molecule has 1 amide bonds. The van der Waals surface area contributed by atoms with Gasteiger partial charge in [-0.2, -0.15) is 5.10 Å². The second-order valence-electron chi connectivity index (χ2n) is 10.0. The van der Waals surface area contributed by atoms with Crippen LogP contribution in [0.2, 0.25) is 0 Å². The molecule has 6 heterocycles. The number of aromatic amines is 2. The van der Waals surface area contributed by atoms with Crippen molar-refractivity contribution >= 4 is 33.7 Å². The lowest BCUT2D eigenvalue weighted by Crippen LogP contribution is -2.24. The minimum absolute atomic E-state index is 0.0683. The smallest absolute Gasteiger partial charge is 0.227 e. The summed E-state index contributed by atoms with van der Waals surface area (Å²) < 4.78 is 1.90. The molecule has 11 nitrogen and oxygen atoms in total. The Labute approximate surface area is 223 Å². The molecule has 0 saturated heterocycles. The molecule has 194 valence electrons. The highest BCUT2D eigenvalue weighted by Crippen LogP contribution is 2.30. The van der Waals surface area contributed by atoms with Crippen molar-refractivity contribution < 1.29 is 4.79 Å². The fourth-order valence-corrected chi connectivity index (χ4v) is 5.26. The fourth-order valence-electron chi connectivity index (χ4n) is 5.26. The molecular formula is C28H26N10O. The highest BCUT2D eigenvalue weighted by molar-refractivity contribution is 5.94. The number of aromatic nitrogens is 9. The highest BCUT2D eigenvalue weighted by atomic mass is 16.1. The molecule has 0 bridgehead atoms. The fraction of sp³-hybridized carbons (Fsp3) is 0.250. The zero-order valence-corrected chi connectivity index (χ0v) is 21.3. The first kappa shape index (κ1) is 23.2. The molecule has 11 heteroatoms. The number of anilines is 1. The van der Waals surface area contributed by atoms with E-state index >= 15 is 0 Å². The van der Waals surface area contributed by atoms with Gasteiger partial charge in [0.15, 0.2) is 11.5 Å². The van der Waals surface area contributed by atoms with Crippen molar-refractivity contribution in [2.24, 2.45) is 5.92 Å². The predicted octanol–water partition coefficient (Wildman–Crippen LogP) is 4.97. The van der Waals surface area contributed by atoms with Crippen LogP contribution < -0.4 is 5.32 Å². The summed E-state index contributed by atoms with van der Waals surface area (Å²) in [6, 6.07) is 5.76. The molecule has 3 N–H and O–H groups in total. The Bertz CT molecular complexity index is 1820. The summed E-state index contributed by atoms with van der Waals surface area (Å²) in [6.45, 7) is 1.94. The Morgan fingerprint density at radius 2 is 1.87 bits per heavy atom. The number of amides is 1. The quantitative estimate of drug-likeness (QED) is 0.292. The Kier molecular flexibility index (Phi) is 5.61. The highest BCUT2D eigenvalue weighted by Gasteiger charge is 2.22. The van der Waals surface area contributed by atoms with Crippen LogP contribution in [0.25, 0.3) is 50.5 Å². The minimum atomic E-state index is 0.0683. The van der Waals surface area contributed by atoms with Crippen LogP contribution in [0.15, 0.2) is 55.5 Å². The van der Waals surface area contributed by atoms with Crippen LogP contribution in [0, 0.1) is 12.8 Å². The molecule has 6 aromatic rings. The van der Waals surface area contributed by atoms with Gasteiger partial charge in [0.05, 0.1) is 58.7 Å². The number of nitrogens with one attached hydrogen (secondary N) is 3. The molecule has 6 aromatic heterocycles. The van der Waals surface area contributed by atoms with E-state index in [0.29, 0.717) is 22.7 Å². The average Bonchev–Trinajstić information content (AvgIpc) is 3.71. The number of H-pyrrole nitrogens is 2. The van der Waals surface area contributed by atoms with Gasteiger partial charge in [0, 0.05) is 23.9 Å². The molecule has 7 rings (SSSR count). The van der Waals surface area contributed by atoms with E-state index in [4.69, 9.17) is 9.97 Å². The molecule has 0 atom stereocenters. The molecule has 1 fully saturated rings. The van der Waals surface area contributed by atoms with Crippen molar-refractivity contribution in [2.45, 2.75) is 39.0 Å². The van der Waals surface area contributed by atoms with Crippen molar-refractivity contribution in [3.63, 3.8) is 0 Å². The monoisotopic (exact) mass is 518 g/mol. The van der Waals surface area contributed by atoms with Crippen molar-refractivity contribution in [2.75, 3.05) is 5.32 Å². The Morgan fingerprint density at radius 3 is 2.72 bits per heavy atom. The summed E-state index contributed by atoms with van der Waals surface area (Å²) in [5, 5.41) is 10.6. The number of fused-ring (bicyclic) bond motifs is 2. The molecule has 0 aromatic carbocycles. The summed E-state index contributed by atoms with van der Waals surface area (Å²) in [5.41, 5.74) is 7.53. The first-order valence-electron chi connectivity index (χ1n) is 13.1. The summed E-state index contributed by atoms with van der Waals surface area (Å²) in [4.78, 5) is 38.9. The number of pyridine rings is 3. The molecule has 1 aliphatic rings. The van der Waals surface area contributed by atoms with Gasteiger partial charge in [0.1, 0.15) is 11.0 Å². The van der Waals surface area contributed by atoms with Gasteiger partial charge in [-0.1, -0.05) is 19.3 Å². The van der Waals surface area contributed by atoms with Crippen LogP contribution in [-0.4, -0.2) is 50.6 Å². The van der Waals surface area contributed by atoms with Crippen LogP contribution in [0.3, 0.4) is 0 Å². The lowest BCUT2D eigenvalue weighted by Gasteiger charge is -2.20. The number of nitrogens with zero attached hydrogens (tertiary/aromatic N) is 7. The van der Waals surface area contributed by atoms with Crippen LogP contribution in [0.1, 0.15) is 37.8 Å². The van der Waals surface area contributed by atoms with Crippen molar-refractivity contribution in [3.8, 4) is 28.5 Å². The number of carbonyl (C=O) groups is 1. The molecule has 39 heavy (non-hydrogen) atoms. The normalized spacial score (nSPS) is 14.3. The van der Waals surface area contributed by atoms with Crippen molar-refractivity contribution in [3.05, 3.63) is 61.2 Å². The lowest BCUT2D eigenvalue weighted by molar-refractivity contribution is -0.120. The summed E-state index contributed by atoms with van der Waals surface area (Å²) >= 11 is 0. The number of hydrogen-bond acceptors (Lipinski definition) is 7. The lowest BCUT2D eigenvalue weighted by atomic mass is 9.88. The zero-order valence-electron chi connectivity index (χ0n) is 21.3. The van der Waals surface area contributed by atoms with Gasteiger partial charge in [-0.3, -0.25) is 19.9 Å². The van der Waals surface area contributed by atoms with E-state index < -0.39 is 0 Å². The van der Waals surface area contributed by atoms with Gasteiger partial charge >= 0.3 is 0 Å². The molecular weight excluding hydrogens is 492 g/mol. The van der Waals surface area contributed by atoms with Crippen LogP contribution >= 0.6 is 0 Å². The second kappa shape index (κ2) is 9.43. The van der Waals surface area contributed by atoms with E-state index in [1.807, 2.05) is 35.9 Å². The predicted molar refractivity (Wildman–Crippen MR) is 147 cm³/mol. The molecule has 1 aliphatic carbocycles. The molecule has 0 aliphatic heterocycles. The largest absolute Gasteiger partial charge is 0.335 e. The first-order valence-corrected chi connectivity index (χ1v) is 13.1. The maximum atomic E-state index is 12.8. The van der Waals surface area contributed by atoms with Crippen LogP contribution in [-0.2, 0) is 4.79 Å². The van der Waals surface area contributed by atoms with E-state index in [9.17, 15) is 4.79 Å². The van der Waals surface area contributed by atoms with Crippen molar-refractivity contribution in [1.29, 1.82) is 0 Å². The number of imidazole rings is 2. The summed E-state index contributed by atoms with van der Waals surface area (Å²) in [7, 11) is 0. The number of carbonyl (C=O) groups excluding carboxylic acids is 1. The average molecular weight is 519 g/mol. The molecule has 1 saturated carbocycles. The number of rotatable bonds is 5. The summed E-state index contributed by atoms with van der Waals surface area (Å²) in [6.07, 6.45) is 15.9. The zero-order chi connectivity index (χ0) is 26.3. The van der Waals surface area contributed by atoms with E-state index in [1.165, 1.54) is 6.42 Å². The number of aryl methyl sites for hydroxylation is 1. The van der Waals surface area contributed by atoms with E-state index in [-0.39, 0.29) is 11.8 Å². The number of hydrogen-bond donors (Lipinski definition) is 3. The third-order valence-corrected chi connectivity index (χ3v) is 7.27. The maximum absolute atomic E-state index is 12.8. The van der Waals surface area contributed by atoms with Gasteiger partial charge < -0.3 is 14.9 Å². The third kappa shape index (κ3) is 4.31. The minimum Gasteiger partial charge on any atom is -0.335 e. The third-order valence-electron chi connectivity index (χ3n) is 7.27. The van der Waals surface area contributed by atoms with Gasteiger partial charge in [0.25, 0.3) is 0 Å². The molecule has 0 radical (unpaired) electrons.